The number of anilines is 1. The lowest BCUT2D eigenvalue weighted by Crippen LogP contribution is -2.39. The zero-order valence-corrected chi connectivity index (χ0v) is 12.4. The summed E-state index contributed by atoms with van der Waals surface area (Å²) >= 11 is 0. The summed E-state index contributed by atoms with van der Waals surface area (Å²) in [6, 6.07) is 2.09. The zero-order valence-electron chi connectivity index (χ0n) is 11.5. The van der Waals surface area contributed by atoms with Gasteiger partial charge in [0.15, 0.2) is 0 Å². The molecule has 2 rings (SSSR count). The lowest BCUT2D eigenvalue weighted by molar-refractivity contribution is -0.384. The van der Waals surface area contributed by atoms with Gasteiger partial charge in [-0.05, 0) is 31.4 Å². The summed E-state index contributed by atoms with van der Waals surface area (Å²) < 4.78 is 32.5. The Bertz CT molecular complexity index is 653. The molecule has 1 saturated heterocycles. The van der Waals surface area contributed by atoms with Gasteiger partial charge in [0.1, 0.15) is 5.69 Å². The van der Waals surface area contributed by atoms with E-state index in [1.165, 1.54) is 6.07 Å². The minimum absolute atomic E-state index is 0.0532. The predicted octanol–water partition coefficient (Wildman–Crippen LogP) is 0.943. The van der Waals surface area contributed by atoms with Gasteiger partial charge < -0.3 is 10.5 Å². The number of hydrogen-bond acceptors (Lipinski definition) is 6. The van der Waals surface area contributed by atoms with Crippen molar-refractivity contribution >= 4 is 21.4 Å². The molecule has 3 N–H and O–H groups in total. The van der Waals surface area contributed by atoms with E-state index in [0.717, 1.165) is 6.07 Å². The summed E-state index contributed by atoms with van der Waals surface area (Å²) in [5, 5.41) is 10.9. The highest BCUT2D eigenvalue weighted by molar-refractivity contribution is 7.89. The zero-order chi connectivity index (χ0) is 15.6. The molecule has 21 heavy (non-hydrogen) atoms. The normalized spacial score (nSPS) is 16.8. The number of nitrogen functional groups attached to an aromatic ring is 1. The molecule has 0 amide bonds. The fourth-order valence-electron chi connectivity index (χ4n) is 2.25. The molecular weight excluding hydrogens is 298 g/mol. The van der Waals surface area contributed by atoms with Crippen LogP contribution in [0, 0.1) is 17.0 Å². The van der Waals surface area contributed by atoms with Gasteiger partial charge >= 0.3 is 0 Å². The smallest absolute Gasteiger partial charge is 0.293 e. The number of sulfonamides is 1. The fraction of sp³-hybridized carbons (Fsp3) is 0.500. The predicted molar refractivity (Wildman–Crippen MR) is 76.4 cm³/mol. The molecule has 8 nitrogen and oxygen atoms in total. The maximum absolute atomic E-state index is 12.4. The van der Waals surface area contributed by atoms with Crippen molar-refractivity contribution in [2.45, 2.75) is 30.7 Å². The highest BCUT2D eigenvalue weighted by Crippen LogP contribution is 2.28. The summed E-state index contributed by atoms with van der Waals surface area (Å²) in [6.45, 7) is 2.54. The molecule has 9 heteroatoms. The molecule has 0 aliphatic carbocycles. The summed E-state index contributed by atoms with van der Waals surface area (Å²) in [5.74, 6) is 0. The van der Waals surface area contributed by atoms with Crippen molar-refractivity contribution in [3.05, 3.63) is 27.8 Å². The minimum atomic E-state index is -3.83. The number of nitrogens with one attached hydrogen (secondary N) is 1. The maximum Gasteiger partial charge on any atom is 0.293 e. The fourth-order valence-corrected chi connectivity index (χ4v) is 3.80. The summed E-state index contributed by atoms with van der Waals surface area (Å²) in [7, 11) is -3.83. The first kappa shape index (κ1) is 15.7. The van der Waals surface area contributed by atoms with E-state index in [9.17, 15) is 18.5 Å². The molecule has 116 valence electrons. The number of benzene rings is 1. The van der Waals surface area contributed by atoms with Crippen LogP contribution in [0.1, 0.15) is 18.4 Å². The Kier molecular flexibility index (Phi) is 4.45. The van der Waals surface area contributed by atoms with Crippen LogP contribution in [0.5, 0.6) is 0 Å². The van der Waals surface area contributed by atoms with Gasteiger partial charge in [0.2, 0.25) is 10.0 Å². The average molecular weight is 315 g/mol. The van der Waals surface area contributed by atoms with Crippen LogP contribution in [-0.2, 0) is 14.8 Å². The third kappa shape index (κ3) is 3.49. The van der Waals surface area contributed by atoms with E-state index in [1.54, 1.807) is 6.92 Å². The van der Waals surface area contributed by atoms with Gasteiger partial charge in [-0.25, -0.2) is 13.1 Å². The molecule has 1 aliphatic rings. The number of hydrogen-bond donors (Lipinski definition) is 2. The van der Waals surface area contributed by atoms with Crippen molar-refractivity contribution in [1.82, 2.24) is 4.72 Å². The molecular formula is C12H17N3O5S. The van der Waals surface area contributed by atoms with E-state index in [2.05, 4.69) is 4.72 Å². The van der Waals surface area contributed by atoms with Gasteiger partial charge in [-0.2, -0.15) is 0 Å². The number of aryl methyl sites for hydroxylation is 1. The second-order valence-electron chi connectivity index (χ2n) is 4.94. The van der Waals surface area contributed by atoms with Gasteiger partial charge in [-0.15, -0.1) is 0 Å². The number of rotatable bonds is 4. The Morgan fingerprint density at radius 3 is 2.57 bits per heavy atom. The van der Waals surface area contributed by atoms with E-state index < -0.39 is 20.6 Å². The van der Waals surface area contributed by atoms with Crippen LogP contribution in [0.3, 0.4) is 0 Å². The third-order valence-corrected chi connectivity index (χ3v) is 5.02. The van der Waals surface area contributed by atoms with Gasteiger partial charge in [0, 0.05) is 25.3 Å². The number of nitrogens with two attached hydrogens (primary N) is 1. The second kappa shape index (κ2) is 5.96. The Hall–Kier alpha value is -1.71. The van der Waals surface area contributed by atoms with Crippen molar-refractivity contribution in [2.24, 2.45) is 0 Å². The Morgan fingerprint density at radius 2 is 2.00 bits per heavy atom. The maximum atomic E-state index is 12.4. The SMILES string of the molecule is Cc1cc(N)c([N+](=O)[O-])cc1S(=O)(=O)NC1CCOCC1. The Labute approximate surface area is 122 Å². The highest BCUT2D eigenvalue weighted by atomic mass is 32.2. The quantitative estimate of drug-likeness (QED) is 0.484. The monoisotopic (exact) mass is 315 g/mol. The highest BCUT2D eigenvalue weighted by Gasteiger charge is 2.26. The summed E-state index contributed by atoms with van der Waals surface area (Å²) in [4.78, 5) is 10.1. The molecule has 0 bridgehead atoms. The average Bonchev–Trinajstić information content (AvgIpc) is 2.38. The largest absolute Gasteiger partial charge is 0.393 e. The summed E-state index contributed by atoms with van der Waals surface area (Å²) in [6.07, 6.45) is 1.16. The van der Waals surface area contributed by atoms with Crippen LogP contribution in [0.25, 0.3) is 0 Å². The molecule has 1 fully saturated rings. The summed E-state index contributed by atoms with van der Waals surface area (Å²) in [5.41, 5.74) is 5.46. The van der Waals surface area contributed by atoms with Crippen molar-refractivity contribution in [3.8, 4) is 0 Å². The topological polar surface area (TPSA) is 125 Å². The Morgan fingerprint density at radius 1 is 1.38 bits per heavy atom. The van der Waals surface area contributed by atoms with Crippen molar-refractivity contribution < 1.29 is 18.1 Å². The number of ether oxygens (including phenoxy) is 1. The number of nitro groups is 1. The van der Waals surface area contributed by atoms with Crippen LogP contribution in [0.4, 0.5) is 11.4 Å². The third-order valence-electron chi connectivity index (χ3n) is 3.35. The molecule has 0 unspecified atom stereocenters. The van der Waals surface area contributed by atoms with Crippen molar-refractivity contribution in [2.75, 3.05) is 18.9 Å². The molecule has 1 aromatic carbocycles. The first-order chi connectivity index (χ1) is 9.81. The molecule has 0 atom stereocenters. The van der Waals surface area contributed by atoms with Gasteiger partial charge in [-0.3, -0.25) is 10.1 Å². The lowest BCUT2D eigenvalue weighted by atomic mass is 10.1. The van der Waals surface area contributed by atoms with E-state index in [0.29, 0.717) is 31.6 Å². The lowest BCUT2D eigenvalue weighted by Gasteiger charge is -2.23. The molecule has 1 aromatic rings. The van der Waals surface area contributed by atoms with Gasteiger partial charge in [-0.1, -0.05) is 0 Å². The molecule has 1 heterocycles. The Balaban J connectivity index is 2.34. The van der Waals surface area contributed by atoms with Crippen molar-refractivity contribution in [1.29, 1.82) is 0 Å². The minimum Gasteiger partial charge on any atom is -0.393 e. The molecule has 0 saturated carbocycles. The first-order valence-corrected chi connectivity index (χ1v) is 7.94. The van der Waals surface area contributed by atoms with Crippen LogP contribution < -0.4 is 10.5 Å². The number of nitrogens with zero attached hydrogens (tertiary/aromatic N) is 1. The van der Waals surface area contributed by atoms with Crippen LogP contribution >= 0.6 is 0 Å². The van der Waals surface area contributed by atoms with Gasteiger partial charge in [0.05, 0.1) is 9.82 Å². The molecule has 0 spiro atoms. The molecule has 1 aliphatic heterocycles. The number of nitro benzene ring substituents is 1. The van der Waals surface area contributed by atoms with E-state index in [4.69, 9.17) is 10.5 Å². The van der Waals surface area contributed by atoms with Crippen LogP contribution in [-0.4, -0.2) is 32.6 Å². The van der Waals surface area contributed by atoms with E-state index in [-0.39, 0.29) is 16.6 Å². The van der Waals surface area contributed by atoms with Crippen LogP contribution in [0.2, 0.25) is 0 Å². The van der Waals surface area contributed by atoms with E-state index in [1.807, 2.05) is 0 Å². The van der Waals surface area contributed by atoms with Crippen LogP contribution in [0.15, 0.2) is 17.0 Å². The molecule has 0 radical (unpaired) electrons. The molecule has 0 aromatic heterocycles. The second-order valence-corrected chi connectivity index (χ2v) is 6.62. The standard InChI is InChI=1S/C12H17N3O5S/c1-8-6-10(13)11(15(16)17)7-12(8)21(18,19)14-9-2-4-20-5-3-9/h6-7,9,14H,2-5,13H2,1H3. The van der Waals surface area contributed by atoms with E-state index >= 15 is 0 Å². The van der Waals surface area contributed by atoms with Crippen molar-refractivity contribution in [3.63, 3.8) is 0 Å². The first-order valence-electron chi connectivity index (χ1n) is 6.46. The van der Waals surface area contributed by atoms with Gasteiger partial charge in [0.25, 0.3) is 5.69 Å².